The van der Waals surface area contributed by atoms with Gasteiger partial charge in [0.15, 0.2) is 0 Å². The Hall–Kier alpha value is -6.25. The van der Waals surface area contributed by atoms with E-state index < -0.39 is 66.1 Å². The van der Waals surface area contributed by atoms with Gasteiger partial charge in [0.05, 0.1) is 6.42 Å². The van der Waals surface area contributed by atoms with Crippen LogP contribution in [-0.2, 0) is 53.0 Å². The molecule has 6 amide bonds. The van der Waals surface area contributed by atoms with Gasteiger partial charge in [0.1, 0.15) is 36.5 Å². The molecular weight excluding hydrogens is 757 g/mol. The molecule has 0 heterocycles. The molecule has 0 unspecified atom stereocenters. The zero-order valence-electron chi connectivity index (χ0n) is 33.8. The lowest BCUT2D eigenvalue weighted by atomic mass is 9.97. The Morgan fingerprint density at radius 3 is 1.66 bits per heavy atom. The predicted molar refractivity (Wildman–Crippen MR) is 221 cm³/mol. The minimum atomic E-state index is -1.33. The summed E-state index contributed by atoms with van der Waals surface area (Å²) in [5.74, 6) is -4.49. The fraction of sp³-hybridized carbons (Fsp3) is 0.432. The van der Waals surface area contributed by atoms with Crippen LogP contribution in [0.3, 0.4) is 0 Å². The molecule has 9 N–H and O–H groups in total. The number of unbranched alkanes of at least 4 members (excludes halogenated alkanes) is 4. The zero-order chi connectivity index (χ0) is 43.2. The number of primary amides is 2. The highest BCUT2D eigenvalue weighted by Gasteiger charge is 2.30. The molecule has 59 heavy (non-hydrogen) atoms. The van der Waals surface area contributed by atoms with Gasteiger partial charge < -0.3 is 42.6 Å². The largest absolute Gasteiger partial charge is 0.489 e. The van der Waals surface area contributed by atoms with Crippen molar-refractivity contribution in [1.29, 1.82) is 0 Å². The second kappa shape index (κ2) is 25.2. The molecule has 0 bridgehead atoms. The van der Waals surface area contributed by atoms with E-state index in [1.165, 1.54) is 0 Å². The molecule has 0 fully saturated rings. The monoisotopic (exact) mass is 814 g/mol. The fourth-order valence-electron chi connectivity index (χ4n) is 6.23. The maximum absolute atomic E-state index is 13.4. The van der Waals surface area contributed by atoms with Crippen LogP contribution in [0, 0.1) is 5.92 Å². The first-order valence-electron chi connectivity index (χ1n) is 20.0. The summed E-state index contributed by atoms with van der Waals surface area (Å²) >= 11 is 0. The van der Waals surface area contributed by atoms with Gasteiger partial charge in [0, 0.05) is 25.7 Å². The van der Waals surface area contributed by atoms with E-state index >= 15 is 0 Å². The Balaban J connectivity index is 1.39. The quantitative estimate of drug-likeness (QED) is 0.0558. The maximum atomic E-state index is 13.4. The molecule has 0 aromatic heterocycles. The second-order valence-corrected chi connectivity index (χ2v) is 14.7. The summed E-state index contributed by atoms with van der Waals surface area (Å²) in [6, 6.07) is 21.2. The molecule has 3 aromatic carbocycles. The van der Waals surface area contributed by atoms with Crippen molar-refractivity contribution in [2.75, 3.05) is 0 Å². The van der Waals surface area contributed by atoms with E-state index in [-0.39, 0.29) is 37.5 Å². The molecule has 318 valence electrons. The van der Waals surface area contributed by atoms with Crippen LogP contribution in [-0.4, -0.2) is 70.7 Å². The molecule has 15 heteroatoms. The van der Waals surface area contributed by atoms with Crippen molar-refractivity contribution in [3.63, 3.8) is 0 Å². The minimum absolute atomic E-state index is 0.00958. The number of carboxylic acids is 1. The highest BCUT2D eigenvalue weighted by Crippen LogP contribution is 2.17. The summed E-state index contributed by atoms with van der Waals surface area (Å²) in [5.41, 5.74) is 13.5. The highest BCUT2D eigenvalue weighted by atomic mass is 16.5. The molecule has 0 aliphatic heterocycles. The third-order valence-corrected chi connectivity index (χ3v) is 9.85. The van der Waals surface area contributed by atoms with Gasteiger partial charge in [-0.25, -0.2) is 4.79 Å². The maximum Gasteiger partial charge on any atom is 0.326 e. The van der Waals surface area contributed by atoms with Crippen LogP contribution in [0.2, 0.25) is 0 Å². The van der Waals surface area contributed by atoms with Gasteiger partial charge in [0.25, 0.3) is 0 Å². The summed E-state index contributed by atoms with van der Waals surface area (Å²) in [5, 5.41) is 20.1. The highest BCUT2D eigenvalue weighted by molar-refractivity contribution is 5.94. The number of carbonyl (C=O) groups excluding carboxylic acids is 6. The van der Waals surface area contributed by atoms with Crippen LogP contribution in [0.5, 0.6) is 5.75 Å². The number of rotatable bonds is 27. The van der Waals surface area contributed by atoms with Crippen LogP contribution in [0.1, 0.15) is 88.3 Å². The van der Waals surface area contributed by atoms with E-state index in [0.717, 1.165) is 11.1 Å². The van der Waals surface area contributed by atoms with Crippen molar-refractivity contribution >= 4 is 41.4 Å². The predicted octanol–water partition coefficient (Wildman–Crippen LogP) is 3.21. The van der Waals surface area contributed by atoms with E-state index in [9.17, 15) is 38.7 Å². The van der Waals surface area contributed by atoms with E-state index in [4.69, 9.17) is 16.2 Å². The smallest absolute Gasteiger partial charge is 0.326 e. The van der Waals surface area contributed by atoms with Gasteiger partial charge in [-0.3, -0.25) is 28.8 Å². The van der Waals surface area contributed by atoms with Crippen molar-refractivity contribution in [3.8, 4) is 5.75 Å². The second-order valence-electron chi connectivity index (χ2n) is 14.7. The van der Waals surface area contributed by atoms with Crippen LogP contribution in [0.25, 0.3) is 0 Å². The first-order valence-corrected chi connectivity index (χ1v) is 20.0. The number of ether oxygens (including phenoxy) is 1. The van der Waals surface area contributed by atoms with Crippen LogP contribution >= 0.6 is 0 Å². The van der Waals surface area contributed by atoms with Crippen molar-refractivity contribution in [2.45, 2.75) is 115 Å². The lowest BCUT2D eigenvalue weighted by molar-refractivity contribution is -0.142. The van der Waals surface area contributed by atoms with Gasteiger partial charge in [-0.15, -0.1) is 0 Å². The summed E-state index contributed by atoms with van der Waals surface area (Å²) in [7, 11) is 0. The lowest BCUT2D eigenvalue weighted by Gasteiger charge is -2.26. The molecule has 5 atom stereocenters. The average Bonchev–Trinajstić information content (AvgIpc) is 3.21. The first-order chi connectivity index (χ1) is 28.2. The van der Waals surface area contributed by atoms with Gasteiger partial charge in [-0.2, -0.15) is 0 Å². The number of hydrogen-bond donors (Lipinski definition) is 7. The van der Waals surface area contributed by atoms with Gasteiger partial charge >= 0.3 is 5.97 Å². The normalized spacial score (nSPS) is 13.4. The topological polar surface area (TPSA) is 249 Å². The van der Waals surface area contributed by atoms with Crippen molar-refractivity contribution in [3.05, 3.63) is 102 Å². The Labute approximate surface area is 345 Å². The number of benzene rings is 3. The number of carboxylic acid groups (broad SMARTS) is 1. The summed E-state index contributed by atoms with van der Waals surface area (Å²) in [6.45, 7) is 4.15. The Morgan fingerprint density at radius 1 is 0.610 bits per heavy atom. The summed E-state index contributed by atoms with van der Waals surface area (Å²) in [4.78, 5) is 87.7. The van der Waals surface area contributed by atoms with Gasteiger partial charge in [-0.1, -0.05) is 112 Å². The van der Waals surface area contributed by atoms with Gasteiger partial charge in [0.2, 0.25) is 35.4 Å². The number of nitrogens with two attached hydrogens (primary N) is 2. The van der Waals surface area contributed by atoms with E-state index in [2.05, 4.69) is 21.3 Å². The van der Waals surface area contributed by atoms with Crippen molar-refractivity contribution in [2.24, 2.45) is 17.4 Å². The summed E-state index contributed by atoms with van der Waals surface area (Å²) in [6.07, 6.45) is 3.55. The lowest BCUT2D eigenvalue weighted by Crippen LogP contribution is -2.55. The SMILES string of the molecule is CC[C@@H](C)[C@H](NC(=O)CCCCCCCC(=O)N[C@@H](CC(N)=O)C(=O)N[C@@H](Cc1ccccc1)C(=O)O)C(=O)N[C@@H](Cc1ccc(OCc2ccccc2)cc1)C(N)=O. The van der Waals surface area contributed by atoms with E-state index in [1.807, 2.05) is 56.3 Å². The van der Waals surface area contributed by atoms with E-state index in [1.54, 1.807) is 42.5 Å². The number of carbonyl (C=O) groups is 7. The Bertz CT molecular complexity index is 1830. The number of amides is 6. The van der Waals surface area contributed by atoms with E-state index in [0.29, 0.717) is 56.4 Å². The summed E-state index contributed by atoms with van der Waals surface area (Å²) < 4.78 is 5.83. The molecule has 0 radical (unpaired) electrons. The third kappa shape index (κ3) is 17.8. The average molecular weight is 815 g/mol. The van der Waals surface area contributed by atoms with Crippen molar-refractivity contribution < 1.29 is 43.4 Å². The molecule has 3 rings (SSSR count). The molecule has 0 aliphatic carbocycles. The van der Waals surface area contributed by atoms with Crippen LogP contribution in [0.4, 0.5) is 0 Å². The zero-order valence-corrected chi connectivity index (χ0v) is 33.8. The molecule has 0 saturated heterocycles. The van der Waals surface area contributed by atoms with Gasteiger partial charge in [-0.05, 0) is 47.6 Å². The number of aliphatic carboxylic acids is 1. The number of nitrogens with one attached hydrogen (secondary N) is 4. The fourth-order valence-corrected chi connectivity index (χ4v) is 6.23. The molecule has 0 spiro atoms. The minimum Gasteiger partial charge on any atom is -0.489 e. The molecular formula is C44H58N6O9. The van der Waals surface area contributed by atoms with Crippen LogP contribution < -0.4 is 37.5 Å². The Kier molecular flexibility index (Phi) is 20.1. The molecule has 15 nitrogen and oxygen atoms in total. The third-order valence-electron chi connectivity index (χ3n) is 9.85. The van der Waals surface area contributed by atoms with Crippen molar-refractivity contribution in [1.82, 2.24) is 21.3 Å². The molecule has 3 aromatic rings. The number of hydrogen-bond acceptors (Lipinski definition) is 8. The molecule has 0 saturated carbocycles. The molecule has 0 aliphatic rings. The Morgan fingerprint density at radius 2 is 1.12 bits per heavy atom. The van der Waals surface area contributed by atoms with Crippen LogP contribution in [0.15, 0.2) is 84.9 Å². The first kappa shape index (κ1) is 47.1. The standard InChI is InChI=1S/C44H58N6O9/c1-3-29(2)40(43(56)48-34(41(46)54)25-31-21-23-33(24-22-31)59-28-32-17-11-8-12-18-32)50-39(53)20-14-6-4-5-13-19-38(52)47-35(27-37(45)51)42(55)49-36(44(57)58)26-30-15-9-7-10-16-30/h7-12,15-18,21-24,29,34-36,40H,3-6,13-14,19-20,25-28H2,1-2H3,(H2,45,51)(H2,46,54)(H,47,52)(H,48,56)(H,49,55)(H,50,53)(H,57,58)/t29-,34+,35+,36+,40+/m1/s1.